The van der Waals surface area contributed by atoms with E-state index < -0.39 is 21.7 Å². The van der Waals surface area contributed by atoms with Crippen LogP contribution in [-0.2, 0) is 16.6 Å². The Morgan fingerprint density at radius 3 is 2.81 bits per heavy atom. The van der Waals surface area contributed by atoms with Gasteiger partial charge in [0, 0.05) is 12.7 Å². The van der Waals surface area contributed by atoms with Crippen LogP contribution in [0.2, 0.25) is 0 Å². The number of aromatic nitrogens is 2. The van der Waals surface area contributed by atoms with E-state index in [0.717, 1.165) is 17.4 Å². The van der Waals surface area contributed by atoms with Crippen molar-refractivity contribution in [3.8, 4) is 5.75 Å². The quantitative estimate of drug-likeness (QED) is 0.825. The van der Waals surface area contributed by atoms with Gasteiger partial charge in [-0.05, 0) is 35.7 Å². The number of ether oxygens (including phenoxy) is 1. The third-order valence-electron chi connectivity index (χ3n) is 4.29. The van der Waals surface area contributed by atoms with Crippen molar-refractivity contribution in [1.29, 1.82) is 0 Å². The van der Waals surface area contributed by atoms with Crippen LogP contribution >= 0.6 is 0 Å². The summed E-state index contributed by atoms with van der Waals surface area (Å²) in [5.41, 5.74) is 1.73. The lowest BCUT2D eigenvalue weighted by molar-refractivity contribution is 0.0971. The van der Waals surface area contributed by atoms with E-state index in [4.69, 9.17) is 4.74 Å². The third-order valence-corrected chi connectivity index (χ3v) is 4.85. The van der Waals surface area contributed by atoms with Crippen molar-refractivity contribution in [3.05, 3.63) is 47.2 Å². The molecule has 8 nitrogen and oxygen atoms in total. The summed E-state index contributed by atoms with van der Waals surface area (Å²) < 4.78 is 43.5. The van der Waals surface area contributed by atoms with Crippen LogP contribution < -0.4 is 14.4 Å². The predicted octanol–water partition coefficient (Wildman–Crippen LogP) is 1.78. The van der Waals surface area contributed by atoms with Gasteiger partial charge in [0.2, 0.25) is 15.8 Å². The Morgan fingerprint density at radius 2 is 2.19 bits per heavy atom. The standard InChI is InChI=1S/C17H19FN4O4S/c1-4-13-11-8-12(18)14(26-2)7-10(11)9-22(13)15-5-6-19-16(20-15)17(23)21-27(3,24)25/h5-8,13H,4,9H2,1-3H3,(H,21,23). The second-order valence-corrected chi connectivity index (χ2v) is 7.93. The first-order valence-electron chi connectivity index (χ1n) is 8.21. The highest BCUT2D eigenvalue weighted by Gasteiger charge is 2.32. The molecular weight excluding hydrogens is 375 g/mol. The summed E-state index contributed by atoms with van der Waals surface area (Å²) in [6.45, 7) is 2.42. The highest BCUT2D eigenvalue weighted by atomic mass is 32.2. The Bertz CT molecular complexity index is 996. The molecule has 27 heavy (non-hydrogen) atoms. The van der Waals surface area contributed by atoms with E-state index in [0.29, 0.717) is 18.8 Å². The largest absolute Gasteiger partial charge is 0.494 e. The average molecular weight is 394 g/mol. The topological polar surface area (TPSA) is 101 Å². The van der Waals surface area contributed by atoms with Gasteiger partial charge in [0.05, 0.1) is 19.4 Å². The second-order valence-electron chi connectivity index (χ2n) is 6.18. The highest BCUT2D eigenvalue weighted by Crippen LogP contribution is 2.40. The van der Waals surface area contributed by atoms with Gasteiger partial charge in [-0.1, -0.05) is 6.92 Å². The molecule has 1 unspecified atom stereocenters. The number of methoxy groups -OCH3 is 1. The van der Waals surface area contributed by atoms with Gasteiger partial charge in [-0.2, -0.15) is 0 Å². The first kappa shape index (κ1) is 19.0. The van der Waals surface area contributed by atoms with Crippen molar-refractivity contribution in [3.63, 3.8) is 0 Å². The SMILES string of the molecule is CCC1c2cc(F)c(OC)cc2CN1c1ccnc(C(=O)NS(C)(=O)=O)n1. The molecule has 1 aromatic carbocycles. The number of fused-ring (bicyclic) bond motifs is 1. The number of carbonyl (C=O) groups excluding carboxylic acids is 1. The fourth-order valence-corrected chi connectivity index (χ4v) is 3.62. The van der Waals surface area contributed by atoms with E-state index in [1.807, 2.05) is 16.5 Å². The number of hydrogen-bond acceptors (Lipinski definition) is 7. The molecule has 0 radical (unpaired) electrons. The lowest BCUT2D eigenvalue weighted by Crippen LogP contribution is -2.31. The molecule has 0 saturated heterocycles. The fourth-order valence-electron chi connectivity index (χ4n) is 3.19. The van der Waals surface area contributed by atoms with Crippen LogP contribution in [0.15, 0.2) is 24.4 Å². The lowest BCUT2D eigenvalue weighted by Gasteiger charge is -2.25. The lowest BCUT2D eigenvalue weighted by atomic mass is 10.0. The summed E-state index contributed by atoms with van der Waals surface area (Å²) in [5.74, 6) is -0.982. The van der Waals surface area contributed by atoms with Crippen molar-refractivity contribution in [2.24, 2.45) is 0 Å². The van der Waals surface area contributed by atoms with E-state index in [-0.39, 0.29) is 17.6 Å². The Kier molecular flexibility index (Phi) is 5.01. The molecule has 1 atom stereocenters. The van der Waals surface area contributed by atoms with Gasteiger partial charge in [-0.15, -0.1) is 0 Å². The Labute approximate surface area is 156 Å². The number of amides is 1. The number of hydrogen-bond donors (Lipinski definition) is 1. The summed E-state index contributed by atoms with van der Waals surface area (Å²) in [5, 5.41) is 0. The average Bonchev–Trinajstić information content (AvgIpc) is 2.97. The zero-order valence-electron chi connectivity index (χ0n) is 15.1. The molecule has 1 amide bonds. The van der Waals surface area contributed by atoms with E-state index >= 15 is 0 Å². The molecular formula is C17H19FN4O4S. The van der Waals surface area contributed by atoms with E-state index in [1.165, 1.54) is 19.4 Å². The Balaban J connectivity index is 1.95. The summed E-state index contributed by atoms with van der Waals surface area (Å²) in [6.07, 6.45) is 2.95. The van der Waals surface area contributed by atoms with E-state index in [2.05, 4.69) is 9.97 Å². The maximum absolute atomic E-state index is 14.1. The maximum Gasteiger partial charge on any atom is 0.302 e. The smallest absolute Gasteiger partial charge is 0.302 e. The van der Waals surface area contributed by atoms with Gasteiger partial charge in [0.1, 0.15) is 5.82 Å². The van der Waals surface area contributed by atoms with Crippen LogP contribution in [0.1, 0.15) is 41.1 Å². The first-order valence-corrected chi connectivity index (χ1v) is 10.1. The molecule has 0 fully saturated rings. The van der Waals surface area contributed by atoms with Crippen molar-refractivity contribution in [1.82, 2.24) is 14.7 Å². The second kappa shape index (κ2) is 7.10. The van der Waals surface area contributed by atoms with Crippen molar-refractivity contribution in [2.75, 3.05) is 18.3 Å². The zero-order valence-corrected chi connectivity index (χ0v) is 15.9. The third kappa shape index (κ3) is 3.85. The minimum absolute atomic E-state index is 0.138. The molecule has 1 aromatic heterocycles. The van der Waals surface area contributed by atoms with Crippen molar-refractivity contribution < 1.29 is 22.3 Å². The van der Waals surface area contributed by atoms with Crippen LogP contribution in [0.4, 0.5) is 10.2 Å². The zero-order chi connectivity index (χ0) is 19.8. The molecule has 0 spiro atoms. The Morgan fingerprint density at radius 1 is 1.44 bits per heavy atom. The molecule has 1 aliphatic heterocycles. The van der Waals surface area contributed by atoms with Gasteiger partial charge < -0.3 is 9.64 Å². The maximum atomic E-state index is 14.1. The molecule has 144 valence electrons. The van der Waals surface area contributed by atoms with Crippen LogP contribution in [0.3, 0.4) is 0 Å². The molecule has 1 aliphatic rings. The highest BCUT2D eigenvalue weighted by molar-refractivity contribution is 7.89. The van der Waals surface area contributed by atoms with Crippen LogP contribution in [0, 0.1) is 5.82 Å². The minimum Gasteiger partial charge on any atom is -0.494 e. The number of benzene rings is 1. The van der Waals surface area contributed by atoms with Crippen molar-refractivity contribution in [2.45, 2.75) is 25.9 Å². The molecule has 3 rings (SSSR count). The van der Waals surface area contributed by atoms with Crippen LogP contribution in [-0.4, -0.2) is 37.7 Å². The van der Waals surface area contributed by atoms with Crippen LogP contribution in [0.5, 0.6) is 5.75 Å². The monoisotopic (exact) mass is 394 g/mol. The van der Waals surface area contributed by atoms with Gasteiger partial charge in [0.15, 0.2) is 11.6 Å². The fraction of sp³-hybridized carbons (Fsp3) is 0.353. The number of anilines is 1. The van der Waals surface area contributed by atoms with Crippen LogP contribution in [0.25, 0.3) is 0 Å². The summed E-state index contributed by atoms with van der Waals surface area (Å²) in [4.78, 5) is 22.0. The normalized spacial score (nSPS) is 16.1. The molecule has 2 aromatic rings. The predicted molar refractivity (Wildman–Crippen MR) is 96.5 cm³/mol. The molecule has 0 saturated carbocycles. The van der Waals surface area contributed by atoms with Gasteiger partial charge in [-0.25, -0.2) is 27.5 Å². The number of halogens is 1. The van der Waals surface area contributed by atoms with E-state index in [9.17, 15) is 17.6 Å². The summed E-state index contributed by atoms with van der Waals surface area (Å²) >= 11 is 0. The Hall–Kier alpha value is -2.75. The summed E-state index contributed by atoms with van der Waals surface area (Å²) in [7, 11) is -2.32. The number of carbonyl (C=O) groups is 1. The number of rotatable bonds is 5. The van der Waals surface area contributed by atoms with Gasteiger partial charge in [-0.3, -0.25) is 4.79 Å². The summed E-state index contributed by atoms with van der Waals surface area (Å²) in [6, 6.07) is 4.60. The number of sulfonamides is 1. The van der Waals surface area contributed by atoms with Gasteiger partial charge in [0.25, 0.3) is 0 Å². The molecule has 0 aliphatic carbocycles. The van der Waals surface area contributed by atoms with E-state index in [1.54, 1.807) is 12.1 Å². The molecule has 2 heterocycles. The first-order chi connectivity index (χ1) is 12.7. The number of nitrogens with zero attached hydrogens (tertiary/aromatic N) is 3. The molecule has 1 N–H and O–H groups in total. The van der Waals surface area contributed by atoms with Gasteiger partial charge >= 0.3 is 5.91 Å². The number of nitrogens with one attached hydrogen (secondary N) is 1. The molecule has 0 bridgehead atoms. The minimum atomic E-state index is -3.72. The van der Waals surface area contributed by atoms with Crippen molar-refractivity contribution >= 4 is 21.7 Å². The molecule has 10 heteroatoms.